The summed E-state index contributed by atoms with van der Waals surface area (Å²) in [5.41, 5.74) is 6.09. The maximum Gasteiger partial charge on any atom is 0.223 e. The molecule has 5 nitrogen and oxygen atoms in total. The van der Waals surface area contributed by atoms with Gasteiger partial charge in [0.25, 0.3) is 0 Å². The lowest BCUT2D eigenvalue weighted by Gasteiger charge is -2.36. The Kier molecular flexibility index (Phi) is 8.68. The molecule has 1 heterocycles. The fourth-order valence-electron chi connectivity index (χ4n) is 4.84. The SMILES string of the molecule is Cl.N[C@@H]1CCC[C@H]1CC(=O)N1CCN(C(=O)CCC2CCCCC2)CC1. The van der Waals surface area contributed by atoms with Crippen LogP contribution in [0.4, 0.5) is 0 Å². The van der Waals surface area contributed by atoms with Gasteiger partial charge in [-0.25, -0.2) is 0 Å². The quantitative estimate of drug-likeness (QED) is 0.791. The third-order valence-corrected chi connectivity index (χ3v) is 6.63. The van der Waals surface area contributed by atoms with Crippen LogP contribution in [0.25, 0.3) is 0 Å². The monoisotopic (exact) mass is 385 g/mol. The van der Waals surface area contributed by atoms with Gasteiger partial charge in [-0.05, 0) is 31.1 Å². The van der Waals surface area contributed by atoms with Crippen LogP contribution in [0.1, 0.15) is 70.6 Å². The van der Waals surface area contributed by atoms with Crippen LogP contribution in [0.15, 0.2) is 0 Å². The van der Waals surface area contributed by atoms with E-state index in [9.17, 15) is 9.59 Å². The Hall–Kier alpha value is -0.810. The van der Waals surface area contributed by atoms with Crippen LogP contribution in [-0.4, -0.2) is 53.8 Å². The first-order valence-electron chi connectivity index (χ1n) is 10.4. The molecule has 2 amide bonds. The van der Waals surface area contributed by atoms with E-state index in [1.165, 1.54) is 32.1 Å². The summed E-state index contributed by atoms with van der Waals surface area (Å²) in [7, 11) is 0. The zero-order valence-corrected chi connectivity index (χ0v) is 16.9. The predicted octanol–water partition coefficient (Wildman–Crippen LogP) is 2.96. The Morgan fingerprint density at radius 3 is 2.00 bits per heavy atom. The summed E-state index contributed by atoms with van der Waals surface area (Å²) in [6, 6.07) is 0.201. The van der Waals surface area contributed by atoms with Gasteiger partial charge in [0.15, 0.2) is 0 Å². The number of carbonyl (C=O) groups excluding carboxylic acids is 2. The zero-order chi connectivity index (χ0) is 17.6. The van der Waals surface area contributed by atoms with E-state index in [1.807, 2.05) is 9.80 Å². The highest BCUT2D eigenvalue weighted by atomic mass is 35.5. The minimum atomic E-state index is 0. The van der Waals surface area contributed by atoms with Gasteiger partial charge in [0.1, 0.15) is 0 Å². The minimum Gasteiger partial charge on any atom is -0.339 e. The minimum absolute atomic E-state index is 0. The van der Waals surface area contributed by atoms with Crippen LogP contribution in [0.5, 0.6) is 0 Å². The van der Waals surface area contributed by atoms with Crippen LogP contribution in [0, 0.1) is 11.8 Å². The highest BCUT2D eigenvalue weighted by molar-refractivity contribution is 5.85. The second kappa shape index (κ2) is 10.5. The standard InChI is InChI=1S/C20H35N3O2.ClH/c21-18-8-4-7-17(18)15-20(25)23-13-11-22(12-14-23)19(24)10-9-16-5-2-1-3-6-16;/h16-18H,1-15,21H2;1H/t17-,18+;/m0./s1. The van der Waals surface area contributed by atoms with Gasteiger partial charge in [-0.2, -0.15) is 0 Å². The summed E-state index contributed by atoms with van der Waals surface area (Å²) in [6.45, 7) is 2.78. The molecule has 0 bridgehead atoms. The van der Waals surface area contributed by atoms with Crippen molar-refractivity contribution in [1.82, 2.24) is 9.80 Å². The van der Waals surface area contributed by atoms with E-state index in [1.54, 1.807) is 0 Å². The van der Waals surface area contributed by atoms with Gasteiger partial charge in [0.2, 0.25) is 11.8 Å². The molecule has 2 saturated carbocycles. The molecular weight excluding hydrogens is 350 g/mol. The van der Waals surface area contributed by atoms with Gasteiger partial charge in [-0.1, -0.05) is 38.5 Å². The fraction of sp³-hybridized carbons (Fsp3) is 0.900. The lowest BCUT2D eigenvalue weighted by Crippen LogP contribution is -2.51. The highest BCUT2D eigenvalue weighted by Gasteiger charge is 2.30. The maximum atomic E-state index is 12.5. The van der Waals surface area contributed by atoms with E-state index in [0.717, 1.165) is 31.6 Å². The first-order chi connectivity index (χ1) is 12.1. The van der Waals surface area contributed by atoms with E-state index in [2.05, 4.69) is 0 Å². The Balaban J connectivity index is 0.00000243. The molecule has 1 saturated heterocycles. The molecule has 150 valence electrons. The van der Waals surface area contributed by atoms with Crippen LogP contribution in [0.3, 0.4) is 0 Å². The molecule has 26 heavy (non-hydrogen) atoms. The van der Waals surface area contributed by atoms with Crippen molar-refractivity contribution in [2.45, 2.75) is 76.7 Å². The van der Waals surface area contributed by atoms with Crippen molar-refractivity contribution in [3.63, 3.8) is 0 Å². The third-order valence-electron chi connectivity index (χ3n) is 6.63. The van der Waals surface area contributed by atoms with Crippen molar-refractivity contribution < 1.29 is 9.59 Å². The molecule has 2 N–H and O–H groups in total. The smallest absolute Gasteiger partial charge is 0.223 e. The number of nitrogens with zero attached hydrogens (tertiary/aromatic N) is 2. The number of amides is 2. The molecule has 1 aliphatic heterocycles. The number of piperazine rings is 1. The molecule has 2 atom stereocenters. The summed E-state index contributed by atoms with van der Waals surface area (Å²) in [5, 5.41) is 0. The van der Waals surface area contributed by atoms with Crippen molar-refractivity contribution in [2.75, 3.05) is 26.2 Å². The molecule has 0 unspecified atom stereocenters. The summed E-state index contributed by atoms with van der Waals surface area (Å²) < 4.78 is 0. The van der Waals surface area contributed by atoms with Gasteiger partial charge < -0.3 is 15.5 Å². The summed E-state index contributed by atoms with van der Waals surface area (Å²) >= 11 is 0. The molecule has 0 aromatic rings. The molecule has 0 radical (unpaired) electrons. The van der Waals surface area contributed by atoms with Crippen LogP contribution >= 0.6 is 12.4 Å². The summed E-state index contributed by atoms with van der Waals surface area (Å²) in [4.78, 5) is 28.8. The summed E-state index contributed by atoms with van der Waals surface area (Å²) in [6.07, 6.45) is 12.3. The summed E-state index contributed by atoms with van der Waals surface area (Å²) in [5.74, 6) is 1.64. The van der Waals surface area contributed by atoms with Gasteiger partial charge in [0, 0.05) is 45.1 Å². The van der Waals surface area contributed by atoms with Gasteiger partial charge in [-0.3, -0.25) is 9.59 Å². The van der Waals surface area contributed by atoms with E-state index < -0.39 is 0 Å². The topological polar surface area (TPSA) is 66.6 Å². The van der Waals surface area contributed by atoms with Gasteiger partial charge in [0.05, 0.1) is 0 Å². The zero-order valence-electron chi connectivity index (χ0n) is 16.0. The van der Waals surface area contributed by atoms with E-state index in [-0.39, 0.29) is 30.3 Å². The third kappa shape index (κ3) is 5.85. The molecule has 0 spiro atoms. The number of hydrogen-bond acceptors (Lipinski definition) is 3. The van der Waals surface area contributed by atoms with Crippen LogP contribution in [-0.2, 0) is 9.59 Å². The maximum absolute atomic E-state index is 12.5. The molecule has 3 aliphatic rings. The number of carbonyl (C=O) groups is 2. The average molecular weight is 386 g/mol. The van der Waals surface area contributed by atoms with E-state index in [4.69, 9.17) is 5.73 Å². The molecule has 2 aliphatic carbocycles. The highest BCUT2D eigenvalue weighted by Crippen LogP contribution is 2.28. The predicted molar refractivity (Wildman–Crippen MR) is 106 cm³/mol. The van der Waals surface area contributed by atoms with Crippen molar-refractivity contribution in [3.8, 4) is 0 Å². The van der Waals surface area contributed by atoms with Gasteiger partial charge >= 0.3 is 0 Å². The molecule has 3 fully saturated rings. The number of rotatable bonds is 5. The number of hydrogen-bond donors (Lipinski definition) is 1. The van der Waals surface area contributed by atoms with Crippen molar-refractivity contribution in [2.24, 2.45) is 17.6 Å². The first kappa shape index (κ1) is 21.5. The van der Waals surface area contributed by atoms with Crippen molar-refractivity contribution in [3.05, 3.63) is 0 Å². The Morgan fingerprint density at radius 2 is 1.42 bits per heavy atom. The van der Waals surface area contributed by atoms with Gasteiger partial charge in [-0.15, -0.1) is 12.4 Å². The van der Waals surface area contributed by atoms with Crippen LogP contribution in [0.2, 0.25) is 0 Å². The lowest BCUT2D eigenvalue weighted by molar-refractivity contribution is -0.140. The molecule has 0 aromatic heterocycles. The normalized spacial score (nSPS) is 27.3. The molecule has 0 aromatic carbocycles. The second-order valence-corrected chi connectivity index (χ2v) is 8.36. The number of nitrogens with two attached hydrogens (primary N) is 1. The number of halogens is 1. The Morgan fingerprint density at radius 1 is 0.808 bits per heavy atom. The fourth-order valence-corrected chi connectivity index (χ4v) is 4.84. The Labute approximate surface area is 164 Å². The van der Waals surface area contributed by atoms with E-state index in [0.29, 0.717) is 44.9 Å². The van der Waals surface area contributed by atoms with Crippen molar-refractivity contribution in [1.29, 1.82) is 0 Å². The van der Waals surface area contributed by atoms with Crippen molar-refractivity contribution >= 4 is 24.2 Å². The average Bonchev–Trinajstić information content (AvgIpc) is 3.05. The largest absolute Gasteiger partial charge is 0.339 e. The Bertz CT molecular complexity index is 460. The molecule has 6 heteroatoms. The van der Waals surface area contributed by atoms with E-state index >= 15 is 0 Å². The second-order valence-electron chi connectivity index (χ2n) is 8.36. The van der Waals surface area contributed by atoms with Crippen LogP contribution < -0.4 is 5.73 Å². The molecule has 3 rings (SSSR count). The first-order valence-corrected chi connectivity index (χ1v) is 10.4. The lowest BCUT2D eigenvalue weighted by atomic mass is 9.86. The molecular formula is C20H36ClN3O2.